The minimum absolute atomic E-state index is 0.127. The molecule has 3 rings (SSSR count). The molecular formula is C13H16BrNOS. The van der Waals surface area contributed by atoms with Crippen LogP contribution in [0.15, 0.2) is 22.7 Å². The molecule has 2 heterocycles. The van der Waals surface area contributed by atoms with Gasteiger partial charge >= 0.3 is 0 Å². The molecule has 1 aromatic carbocycles. The standard InChI is InChI=1S/C13H16BrNOS/c14-9-1-2-10-11(15)6-12(16-13(10)5-9)8-3-4-17-7-8/h1-2,5,8,11-12H,3-4,6-7,15H2/t8?,11-,12?/m1/s1. The largest absolute Gasteiger partial charge is 0.490 e. The van der Waals surface area contributed by atoms with Crippen LogP contribution in [0, 0.1) is 5.92 Å². The van der Waals surface area contributed by atoms with E-state index in [-0.39, 0.29) is 6.04 Å². The summed E-state index contributed by atoms with van der Waals surface area (Å²) in [5, 5.41) is 0. The molecule has 2 nitrogen and oxygen atoms in total. The Labute approximate surface area is 114 Å². The summed E-state index contributed by atoms with van der Waals surface area (Å²) in [6, 6.07) is 6.28. The monoisotopic (exact) mass is 313 g/mol. The van der Waals surface area contributed by atoms with E-state index in [9.17, 15) is 0 Å². The minimum atomic E-state index is 0.127. The van der Waals surface area contributed by atoms with Crippen LogP contribution in [0.25, 0.3) is 0 Å². The Hall–Kier alpha value is -0.190. The maximum Gasteiger partial charge on any atom is 0.125 e. The van der Waals surface area contributed by atoms with E-state index in [4.69, 9.17) is 10.5 Å². The molecule has 0 aliphatic carbocycles. The minimum Gasteiger partial charge on any atom is -0.490 e. The predicted molar refractivity (Wildman–Crippen MR) is 75.5 cm³/mol. The van der Waals surface area contributed by atoms with Crippen LogP contribution in [0.4, 0.5) is 0 Å². The third-order valence-electron chi connectivity index (χ3n) is 3.63. The van der Waals surface area contributed by atoms with Crippen LogP contribution in [-0.2, 0) is 0 Å². The van der Waals surface area contributed by atoms with Crippen molar-refractivity contribution >= 4 is 27.7 Å². The van der Waals surface area contributed by atoms with Gasteiger partial charge in [0.25, 0.3) is 0 Å². The number of hydrogen-bond donors (Lipinski definition) is 1. The van der Waals surface area contributed by atoms with Crippen molar-refractivity contribution in [3.8, 4) is 5.75 Å². The van der Waals surface area contributed by atoms with Crippen LogP contribution >= 0.6 is 27.7 Å². The van der Waals surface area contributed by atoms with E-state index in [1.165, 1.54) is 17.9 Å². The number of hydrogen-bond acceptors (Lipinski definition) is 3. The molecule has 1 fully saturated rings. The average Bonchev–Trinajstić information content (AvgIpc) is 2.81. The first kappa shape index (κ1) is 11.9. The van der Waals surface area contributed by atoms with Gasteiger partial charge in [-0.1, -0.05) is 22.0 Å². The molecule has 0 bridgehead atoms. The zero-order valence-electron chi connectivity index (χ0n) is 9.56. The number of rotatable bonds is 1. The smallest absolute Gasteiger partial charge is 0.125 e. The highest BCUT2D eigenvalue weighted by Crippen LogP contribution is 2.40. The Morgan fingerprint density at radius 3 is 3.06 bits per heavy atom. The van der Waals surface area contributed by atoms with Crippen LogP contribution < -0.4 is 10.5 Å². The Kier molecular flexibility index (Phi) is 3.37. The van der Waals surface area contributed by atoms with Gasteiger partial charge in [0.2, 0.25) is 0 Å². The van der Waals surface area contributed by atoms with Crippen molar-refractivity contribution in [3.63, 3.8) is 0 Å². The van der Waals surface area contributed by atoms with Crippen molar-refractivity contribution in [1.29, 1.82) is 0 Å². The van der Waals surface area contributed by atoms with Gasteiger partial charge in [-0.2, -0.15) is 11.8 Å². The fourth-order valence-electron chi connectivity index (χ4n) is 2.64. The number of nitrogens with two attached hydrogens (primary N) is 1. The van der Waals surface area contributed by atoms with Crippen LogP contribution in [0.3, 0.4) is 0 Å². The number of thioether (sulfide) groups is 1. The Morgan fingerprint density at radius 2 is 2.29 bits per heavy atom. The summed E-state index contributed by atoms with van der Waals surface area (Å²) in [5.41, 5.74) is 7.40. The first-order valence-electron chi connectivity index (χ1n) is 6.03. The lowest BCUT2D eigenvalue weighted by molar-refractivity contribution is 0.110. The number of fused-ring (bicyclic) bond motifs is 1. The molecule has 0 spiro atoms. The summed E-state index contributed by atoms with van der Waals surface area (Å²) >= 11 is 5.52. The van der Waals surface area contributed by atoms with E-state index in [0.717, 1.165) is 22.2 Å². The molecule has 0 amide bonds. The predicted octanol–water partition coefficient (Wildman–Crippen LogP) is 3.35. The second kappa shape index (κ2) is 4.82. The highest BCUT2D eigenvalue weighted by molar-refractivity contribution is 9.10. The van der Waals surface area contributed by atoms with Crippen molar-refractivity contribution in [2.45, 2.75) is 25.0 Å². The molecule has 0 saturated carbocycles. The van der Waals surface area contributed by atoms with Gasteiger partial charge in [0.05, 0.1) is 0 Å². The highest BCUT2D eigenvalue weighted by Gasteiger charge is 2.33. The van der Waals surface area contributed by atoms with E-state index in [0.29, 0.717) is 12.0 Å². The summed E-state index contributed by atoms with van der Waals surface area (Å²) in [7, 11) is 0. The van der Waals surface area contributed by atoms with Crippen LogP contribution in [-0.4, -0.2) is 17.6 Å². The quantitative estimate of drug-likeness (QED) is 0.863. The van der Waals surface area contributed by atoms with Crippen molar-refractivity contribution in [1.82, 2.24) is 0 Å². The molecule has 2 unspecified atom stereocenters. The molecule has 17 heavy (non-hydrogen) atoms. The number of benzene rings is 1. The topological polar surface area (TPSA) is 35.2 Å². The van der Waals surface area contributed by atoms with Gasteiger partial charge < -0.3 is 10.5 Å². The lowest BCUT2D eigenvalue weighted by Crippen LogP contribution is -2.35. The third kappa shape index (κ3) is 2.35. The van der Waals surface area contributed by atoms with Crippen LogP contribution in [0.2, 0.25) is 0 Å². The zero-order valence-corrected chi connectivity index (χ0v) is 12.0. The lowest BCUT2D eigenvalue weighted by Gasteiger charge is -2.33. The summed E-state index contributed by atoms with van der Waals surface area (Å²) in [6.07, 6.45) is 2.53. The Balaban J connectivity index is 1.85. The Bertz CT molecular complexity index is 420. The summed E-state index contributed by atoms with van der Waals surface area (Å²) in [5.74, 6) is 4.14. The van der Waals surface area contributed by atoms with E-state index >= 15 is 0 Å². The zero-order chi connectivity index (χ0) is 11.8. The molecule has 0 aromatic heterocycles. The van der Waals surface area contributed by atoms with Gasteiger partial charge in [-0.05, 0) is 30.1 Å². The molecule has 4 heteroatoms. The van der Waals surface area contributed by atoms with Crippen molar-refractivity contribution < 1.29 is 4.74 Å². The molecule has 2 aliphatic heterocycles. The summed E-state index contributed by atoms with van der Waals surface area (Å²) < 4.78 is 7.20. The Morgan fingerprint density at radius 1 is 1.41 bits per heavy atom. The maximum absolute atomic E-state index is 6.25. The SMILES string of the molecule is N[C@@H]1CC(C2CCSC2)Oc2cc(Br)ccc21. The molecule has 1 aromatic rings. The molecule has 3 atom stereocenters. The van der Waals surface area contributed by atoms with Gasteiger partial charge in [-0.15, -0.1) is 0 Å². The second-order valence-electron chi connectivity index (χ2n) is 4.80. The molecule has 2 N–H and O–H groups in total. The van der Waals surface area contributed by atoms with E-state index < -0.39 is 0 Å². The fourth-order valence-corrected chi connectivity index (χ4v) is 4.30. The van der Waals surface area contributed by atoms with Crippen molar-refractivity contribution in [3.05, 3.63) is 28.2 Å². The van der Waals surface area contributed by atoms with Gasteiger partial charge in [0.15, 0.2) is 0 Å². The van der Waals surface area contributed by atoms with Gasteiger partial charge in [-0.3, -0.25) is 0 Å². The fraction of sp³-hybridized carbons (Fsp3) is 0.538. The van der Waals surface area contributed by atoms with E-state index in [1.807, 2.05) is 23.9 Å². The molecule has 92 valence electrons. The van der Waals surface area contributed by atoms with Crippen molar-refractivity contribution in [2.24, 2.45) is 11.7 Å². The first-order chi connectivity index (χ1) is 8.24. The van der Waals surface area contributed by atoms with Gasteiger partial charge in [-0.25, -0.2) is 0 Å². The molecule has 1 saturated heterocycles. The summed E-state index contributed by atoms with van der Waals surface area (Å²) in [4.78, 5) is 0. The van der Waals surface area contributed by atoms with Crippen molar-refractivity contribution in [2.75, 3.05) is 11.5 Å². The molecule has 0 radical (unpaired) electrons. The van der Waals surface area contributed by atoms with Gasteiger partial charge in [0, 0.05) is 28.4 Å². The molecule has 2 aliphatic rings. The number of halogens is 1. The first-order valence-corrected chi connectivity index (χ1v) is 7.98. The van der Waals surface area contributed by atoms with E-state index in [1.54, 1.807) is 0 Å². The van der Waals surface area contributed by atoms with Crippen LogP contribution in [0.5, 0.6) is 5.75 Å². The maximum atomic E-state index is 6.25. The average molecular weight is 314 g/mol. The van der Waals surface area contributed by atoms with E-state index in [2.05, 4.69) is 22.0 Å². The third-order valence-corrected chi connectivity index (χ3v) is 5.31. The second-order valence-corrected chi connectivity index (χ2v) is 6.87. The highest BCUT2D eigenvalue weighted by atomic mass is 79.9. The summed E-state index contributed by atoms with van der Waals surface area (Å²) in [6.45, 7) is 0. The van der Waals surface area contributed by atoms with Crippen LogP contribution in [0.1, 0.15) is 24.4 Å². The normalized spacial score (nSPS) is 32.0. The molecular weight excluding hydrogens is 298 g/mol. The number of ether oxygens (including phenoxy) is 1. The van der Waals surface area contributed by atoms with Gasteiger partial charge in [0.1, 0.15) is 11.9 Å². The lowest BCUT2D eigenvalue weighted by atomic mass is 9.90.